The molecule has 2 nitrogen and oxygen atoms in total. The van der Waals surface area contributed by atoms with Crippen molar-refractivity contribution in [2.75, 3.05) is 11.9 Å². The Hall–Kier alpha value is -2.09. The molecule has 0 amide bonds. The fourth-order valence-electron chi connectivity index (χ4n) is 1.93. The third-order valence-electron chi connectivity index (χ3n) is 2.99. The third kappa shape index (κ3) is 2.77. The number of anilines is 1. The molecule has 2 rings (SSSR count). The molecular formula is C16H18N2. The van der Waals surface area contributed by atoms with Gasteiger partial charge < -0.3 is 4.90 Å². The first-order valence-electron chi connectivity index (χ1n) is 6.06. The van der Waals surface area contributed by atoms with Crippen LogP contribution in [-0.4, -0.2) is 12.0 Å². The molecule has 1 aromatic heterocycles. The number of rotatable bonds is 4. The van der Waals surface area contributed by atoms with Gasteiger partial charge in [0.05, 0.1) is 0 Å². The van der Waals surface area contributed by atoms with Gasteiger partial charge in [0, 0.05) is 19.3 Å². The lowest BCUT2D eigenvalue weighted by atomic mass is 10.2. The molecular weight excluding hydrogens is 220 g/mol. The SMILES string of the molecule is C=Cc1ccc(N(C)Cc2ccccc2)nc1C. The monoisotopic (exact) mass is 238 g/mol. The van der Waals surface area contributed by atoms with Crippen molar-refractivity contribution >= 4 is 11.9 Å². The van der Waals surface area contributed by atoms with Crippen molar-refractivity contribution in [2.45, 2.75) is 13.5 Å². The molecule has 0 unspecified atom stereocenters. The Morgan fingerprint density at radius 2 is 1.89 bits per heavy atom. The highest BCUT2D eigenvalue weighted by atomic mass is 15.2. The maximum absolute atomic E-state index is 4.59. The van der Waals surface area contributed by atoms with Crippen LogP contribution in [0.5, 0.6) is 0 Å². The van der Waals surface area contributed by atoms with Gasteiger partial charge in [-0.3, -0.25) is 0 Å². The van der Waals surface area contributed by atoms with E-state index in [-0.39, 0.29) is 0 Å². The summed E-state index contributed by atoms with van der Waals surface area (Å²) in [5.41, 5.74) is 3.39. The minimum atomic E-state index is 0.862. The first-order valence-corrected chi connectivity index (χ1v) is 6.06. The van der Waals surface area contributed by atoms with E-state index >= 15 is 0 Å². The van der Waals surface area contributed by atoms with Crippen molar-refractivity contribution in [3.05, 3.63) is 65.9 Å². The highest BCUT2D eigenvalue weighted by Gasteiger charge is 2.05. The molecule has 2 aromatic rings. The largest absolute Gasteiger partial charge is 0.355 e. The number of hydrogen-bond donors (Lipinski definition) is 0. The summed E-state index contributed by atoms with van der Waals surface area (Å²) < 4.78 is 0. The molecule has 0 spiro atoms. The van der Waals surface area contributed by atoms with Crippen molar-refractivity contribution in [3.8, 4) is 0 Å². The van der Waals surface area contributed by atoms with Gasteiger partial charge in [0.25, 0.3) is 0 Å². The van der Waals surface area contributed by atoms with Gasteiger partial charge >= 0.3 is 0 Å². The van der Waals surface area contributed by atoms with E-state index < -0.39 is 0 Å². The summed E-state index contributed by atoms with van der Waals surface area (Å²) in [5, 5.41) is 0. The Balaban J connectivity index is 2.16. The Labute approximate surface area is 109 Å². The zero-order valence-corrected chi connectivity index (χ0v) is 10.9. The van der Waals surface area contributed by atoms with Gasteiger partial charge in [-0.15, -0.1) is 0 Å². The molecule has 0 bridgehead atoms. The van der Waals surface area contributed by atoms with Crippen LogP contribution in [0.3, 0.4) is 0 Å². The lowest BCUT2D eigenvalue weighted by Crippen LogP contribution is -2.18. The Kier molecular flexibility index (Phi) is 3.78. The van der Waals surface area contributed by atoms with E-state index in [1.807, 2.05) is 25.1 Å². The van der Waals surface area contributed by atoms with Gasteiger partial charge in [-0.25, -0.2) is 4.98 Å². The predicted octanol–water partition coefficient (Wildman–Crippen LogP) is 3.67. The summed E-state index contributed by atoms with van der Waals surface area (Å²) in [6.45, 7) is 6.65. The molecule has 0 aliphatic heterocycles. The lowest BCUT2D eigenvalue weighted by Gasteiger charge is -2.19. The molecule has 0 atom stereocenters. The fourth-order valence-corrected chi connectivity index (χ4v) is 1.93. The molecule has 92 valence electrons. The second-order valence-electron chi connectivity index (χ2n) is 4.39. The van der Waals surface area contributed by atoms with Crippen LogP contribution in [0.1, 0.15) is 16.8 Å². The van der Waals surface area contributed by atoms with Gasteiger partial charge in [0.1, 0.15) is 5.82 Å². The molecule has 0 fully saturated rings. The first-order chi connectivity index (χ1) is 8.70. The number of aromatic nitrogens is 1. The van der Waals surface area contributed by atoms with Crippen molar-refractivity contribution < 1.29 is 0 Å². The highest BCUT2D eigenvalue weighted by Crippen LogP contribution is 2.16. The number of hydrogen-bond acceptors (Lipinski definition) is 2. The third-order valence-corrected chi connectivity index (χ3v) is 2.99. The summed E-state index contributed by atoms with van der Waals surface area (Å²) in [6.07, 6.45) is 1.84. The average molecular weight is 238 g/mol. The quantitative estimate of drug-likeness (QED) is 0.808. The molecule has 0 saturated heterocycles. The standard InChI is InChI=1S/C16H18N2/c1-4-15-10-11-16(17-13(15)2)18(3)12-14-8-6-5-7-9-14/h4-11H,1,12H2,2-3H3. The molecule has 1 aromatic carbocycles. The molecule has 0 aliphatic carbocycles. The van der Waals surface area contributed by atoms with E-state index in [4.69, 9.17) is 0 Å². The molecule has 18 heavy (non-hydrogen) atoms. The lowest BCUT2D eigenvalue weighted by molar-refractivity contribution is 0.892. The zero-order chi connectivity index (χ0) is 13.0. The van der Waals surface area contributed by atoms with Crippen LogP contribution in [0, 0.1) is 6.92 Å². The van der Waals surface area contributed by atoms with E-state index in [2.05, 4.69) is 53.8 Å². The van der Waals surface area contributed by atoms with Crippen LogP contribution in [0.4, 0.5) is 5.82 Å². The van der Waals surface area contributed by atoms with Crippen LogP contribution in [0.2, 0.25) is 0 Å². The molecule has 0 radical (unpaired) electrons. The number of pyridine rings is 1. The average Bonchev–Trinajstić information content (AvgIpc) is 2.39. The minimum Gasteiger partial charge on any atom is -0.355 e. The molecule has 1 heterocycles. The summed E-state index contributed by atoms with van der Waals surface area (Å²) in [5.74, 6) is 0.988. The second-order valence-corrected chi connectivity index (χ2v) is 4.39. The second kappa shape index (κ2) is 5.50. The van der Waals surface area contributed by atoms with Crippen LogP contribution in [0.25, 0.3) is 6.08 Å². The normalized spacial score (nSPS) is 10.1. The van der Waals surface area contributed by atoms with Crippen LogP contribution in [0.15, 0.2) is 49.0 Å². The fraction of sp³-hybridized carbons (Fsp3) is 0.188. The molecule has 2 heteroatoms. The summed E-state index contributed by atoms with van der Waals surface area (Å²) in [7, 11) is 2.06. The van der Waals surface area contributed by atoms with E-state index in [9.17, 15) is 0 Å². The van der Waals surface area contributed by atoms with Gasteiger partial charge in [-0.2, -0.15) is 0 Å². The minimum absolute atomic E-state index is 0.862. The Morgan fingerprint density at radius 3 is 2.50 bits per heavy atom. The van der Waals surface area contributed by atoms with Gasteiger partial charge in [0.2, 0.25) is 0 Å². The summed E-state index contributed by atoms with van der Waals surface area (Å²) in [6, 6.07) is 14.5. The highest BCUT2D eigenvalue weighted by molar-refractivity contribution is 5.53. The van der Waals surface area contributed by atoms with Crippen molar-refractivity contribution in [1.29, 1.82) is 0 Å². The van der Waals surface area contributed by atoms with Crippen LogP contribution >= 0.6 is 0 Å². The molecule has 0 aliphatic rings. The number of nitrogens with zero attached hydrogens (tertiary/aromatic N) is 2. The van der Waals surface area contributed by atoms with Gasteiger partial charge in [-0.05, 0) is 30.2 Å². The van der Waals surface area contributed by atoms with Crippen molar-refractivity contribution in [3.63, 3.8) is 0 Å². The number of aryl methyl sites for hydroxylation is 1. The predicted molar refractivity (Wildman–Crippen MR) is 77.6 cm³/mol. The van der Waals surface area contributed by atoms with E-state index in [1.54, 1.807) is 0 Å². The van der Waals surface area contributed by atoms with E-state index in [1.165, 1.54) is 5.56 Å². The van der Waals surface area contributed by atoms with Gasteiger partial charge in [0.15, 0.2) is 0 Å². The maximum atomic E-state index is 4.59. The number of benzene rings is 1. The summed E-state index contributed by atoms with van der Waals surface area (Å²) >= 11 is 0. The maximum Gasteiger partial charge on any atom is 0.128 e. The van der Waals surface area contributed by atoms with Crippen molar-refractivity contribution in [2.24, 2.45) is 0 Å². The van der Waals surface area contributed by atoms with Crippen LogP contribution in [-0.2, 0) is 6.54 Å². The topological polar surface area (TPSA) is 16.1 Å². The van der Waals surface area contributed by atoms with Crippen LogP contribution < -0.4 is 4.90 Å². The smallest absolute Gasteiger partial charge is 0.128 e. The Bertz CT molecular complexity index is 532. The Morgan fingerprint density at radius 1 is 1.17 bits per heavy atom. The van der Waals surface area contributed by atoms with E-state index in [0.29, 0.717) is 0 Å². The first kappa shape index (κ1) is 12.4. The van der Waals surface area contributed by atoms with Crippen molar-refractivity contribution in [1.82, 2.24) is 4.98 Å². The van der Waals surface area contributed by atoms with Gasteiger partial charge in [-0.1, -0.05) is 43.0 Å². The summed E-state index contributed by atoms with van der Waals surface area (Å²) in [4.78, 5) is 6.74. The molecule has 0 saturated carbocycles. The zero-order valence-electron chi connectivity index (χ0n) is 10.9. The van der Waals surface area contributed by atoms with E-state index in [0.717, 1.165) is 23.6 Å². The molecule has 0 N–H and O–H groups in total.